The third-order valence-electron chi connectivity index (χ3n) is 3.21. The Morgan fingerprint density at radius 3 is 2.89 bits per heavy atom. The van der Waals surface area contributed by atoms with Crippen LogP contribution in [0.4, 0.5) is 11.6 Å². The molecule has 5 nitrogen and oxygen atoms in total. The number of nitrogens with one attached hydrogen (secondary N) is 2. The van der Waals surface area contributed by atoms with Gasteiger partial charge in [-0.1, -0.05) is 12.1 Å². The number of anilines is 2. The van der Waals surface area contributed by atoms with Gasteiger partial charge >= 0.3 is 0 Å². The monoisotopic (exact) mass is 256 g/mol. The van der Waals surface area contributed by atoms with Crippen LogP contribution >= 0.6 is 0 Å². The number of fused-ring (bicyclic) bond motifs is 1. The lowest BCUT2D eigenvalue weighted by atomic mass is 10.1. The number of aromatic nitrogens is 2. The van der Waals surface area contributed by atoms with Crippen molar-refractivity contribution in [3.63, 3.8) is 0 Å². The zero-order chi connectivity index (χ0) is 13.1. The molecule has 0 amide bonds. The second-order valence-electron chi connectivity index (χ2n) is 4.56. The van der Waals surface area contributed by atoms with E-state index in [0.717, 1.165) is 31.6 Å². The fourth-order valence-electron chi connectivity index (χ4n) is 2.18. The molecule has 1 aliphatic heterocycles. The predicted octanol–water partition coefficient (Wildman–Crippen LogP) is 1.61. The molecule has 19 heavy (non-hydrogen) atoms. The largest absolute Gasteiger partial charge is 0.506 e. The van der Waals surface area contributed by atoms with Gasteiger partial charge in [0.1, 0.15) is 5.75 Å². The quantitative estimate of drug-likeness (QED) is 0.712. The summed E-state index contributed by atoms with van der Waals surface area (Å²) in [6.45, 7) is 1.92. The van der Waals surface area contributed by atoms with E-state index >= 15 is 0 Å². The topological polar surface area (TPSA) is 70.1 Å². The van der Waals surface area contributed by atoms with Gasteiger partial charge in [-0.05, 0) is 30.7 Å². The molecule has 5 heteroatoms. The lowest BCUT2D eigenvalue weighted by Crippen LogP contribution is -2.16. The second kappa shape index (κ2) is 5.24. The van der Waals surface area contributed by atoms with Crippen LogP contribution in [-0.4, -0.2) is 28.2 Å². The smallest absolute Gasteiger partial charge is 0.227 e. The summed E-state index contributed by atoms with van der Waals surface area (Å²) in [5.74, 6) is 0.727. The summed E-state index contributed by atoms with van der Waals surface area (Å²) < 4.78 is 0. The Morgan fingerprint density at radius 2 is 2.00 bits per heavy atom. The number of nitrogens with zero attached hydrogens (tertiary/aromatic N) is 2. The number of aromatic hydroxyl groups is 1. The molecule has 3 N–H and O–H groups in total. The van der Waals surface area contributed by atoms with Crippen molar-refractivity contribution in [3.05, 3.63) is 41.7 Å². The lowest BCUT2D eigenvalue weighted by molar-refractivity contribution is 0.477. The molecule has 0 fully saturated rings. The number of hydrogen-bond donors (Lipinski definition) is 3. The summed E-state index contributed by atoms with van der Waals surface area (Å²) in [4.78, 5) is 8.85. The number of benzene rings is 1. The SMILES string of the molecule is Oc1ccccc1Nc1ncc2c(n1)CCNCC2. The van der Waals surface area contributed by atoms with E-state index in [4.69, 9.17) is 0 Å². The fraction of sp³-hybridized carbons (Fsp3) is 0.286. The van der Waals surface area contributed by atoms with Crippen LogP contribution in [0.3, 0.4) is 0 Å². The molecule has 1 aromatic carbocycles. The fourth-order valence-corrected chi connectivity index (χ4v) is 2.18. The van der Waals surface area contributed by atoms with Crippen LogP contribution in [0.5, 0.6) is 5.75 Å². The zero-order valence-electron chi connectivity index (χ0n) is 10.6. The van der Waals surface area contributed by atoms with E-state index in [2.05, 4.69) is 20.6 Å². The van der Waals surface area contributed by atoms with Gasteiger partial charge in [0, 0.05) is 19.2 Å². The van der Waals surface area contributed by atoms with E-state index in [0.29, 0.717) is 11.6 Å². The maximum Gasteiger partial charge on any atom is 0.227 e. The van der Waals surface area contributed by atoms with Gasteiger partial charge in [0.2, 0.25) is 5.95 Å². The maximum atomic E-state index is 9.73. The van der Waals surface area contributed by atoms with Gasteiger partial charge in [0.25, 0.3) is 0 Å². The Balaban J connectivity index is 1.86. The number of phenols is 1. The molecule has 0 radical (unpaired) electrons. The minimum absolute atomic E-state index is 0.197. The molecule has 3 rings (SSSR count). The maximum absolute atomic E-state index is 9.73. The van der Waals surface area contributed by atoms with Crippen LogP contribution in [0.1, 0.15) is 11.3 Å². The molecular weight excluding hydrogens is 240 g/mol. The highest BCUT2D eigenvalue weighted by atomic mass is 16.3. The van der Waals surface area contributed by atoms with Crippen molar-refractivity contribution in [2.75, 3.05) is 18.4 Å². The summed E-state index contributed by atoms with van der Waals surface area (Å²) in [7, 11) is 0. The number of hydrogen-bond acceptors (Lipinski definition) is 5. The number of phenolic OH excluding ortho intramolecular Hbond substituents is 1. The van der Waals surface area contributed by atoms with Crippen molar-refractivity contribution in [1.29, 1.82) is 0 Å². The summed E-state index contributed by atoms with van der Waals surface area (Å²) >= 11 is 0. The predicted molar refractivity (Wildman–Crippen MR) is 73.7 cm³/mol. The van der Waals surface area contributed by atoms with Crippen LogP contribution in [-0.2, 0) is 12.8 Å². The van der Waals surface area contributed by atoms with Gasteiger partial charge in [0.05, 0.1) is 11.4 Å². The summed E-state index contributed by atoms with van der Waals surface area (Å²) in [6.07, 6.45) is 3.75. The van der Waals surface area contributed by atoms with Crippen LogP contribution in [0.2, 0.25) is 0 Å². The molecule has 2 aromatic rings. The van der Waals surface area contributed by atoms with Gasteiger partial charge in [-0.2, -0.15) is 0 Å². The molecule has 0 unspecified atom stereocenters. The Bertz CT molecular complexity index is 585. The molecule has 0 saturated carbocycles. The molecule has 1 aromatic heterocycles. The highest BCUT2D eigenvalue weighted by molar-refractivity contribution is 5.61. The van der Waals surface area contributed by atoms with Gasteiger partial charge < -0.3 is 15.7 Å². The first-order valence-electron chi connectivity index (χ1n) is 6.43. The number of rotatable bonds is 2. The van der Waals surface area contributed by atoms with Crippen molar-refractivity contribution in [1.82, 2.24) is 15.3 Å². The van der Waals surface area contributed by atoms with E-state index < -0.39 is 0 Å². The van der Waals surface area contributed by atoms with Crippen LogP contribution < -0.4 is 10.6 Å². The molecule has 0 spiro atoms. The van der Waals surface area contributed by atoms with Gasteiger partial charge in [-0.3, -0.25) is 0 Å². The molecule has 0 aliphatic carbocycles. The average molecular weight is 256 g/mol. The van der Waals surface area contributed by atoms with E-state index in [1.54, 1.807) is 18.2 Å². The molecule has 2 heterocycles. The summed E-state index contributed by atoms with van der Waals surface area (Å²) in [5.41, 5.74) is 2.90. The van der Waals surface area contributed by atoms with Gasteiger partial charge in [0.15, 0.2) is 0 Å². The normalized spacial score (nSPS) is 14.5. The highest BCUT2D eigenvalue weighted by Crippen LogP contribution is 2.24. The molecule has 0 atom stereocenters. The summed E-state index contributed by atoms with van der Waals surface area (Å²) in [5, 5.41) is 16.1. The zero-order valence-corrected chi connectivity index (χ0v) is 10.6. The van der Waals surface area contributed by atoms with E-state index in [9.17, 15) is 5.11 Å². The van der Waals surface area contributed by atoms with E-state index in [1.165, 1.54) is 5.56 Å². The van der Waals surface area contributed by atoms with Crippen molar-refractivity contribution in [3.8, 4) is 5.75 Å². The Kier molecular flexibility index (Phi) is 3.29. The highest BCUT2D eigenvalue weighted by Gasteiger charge is 2.11. The number of para-hydroxylation sites is 2. The van der Waals surface area contributed by atoms with Crippen molar-refractivity contribution in [2.45, 2.75) is 12.8 Å². The van der Waals surface area contributed by atoms with Crippen molar-refractivity contribution in [2.24, 2.45) is 0 Å². The first-order valence-corrected chi connectivity index (χ1v) is 6.43. The first-order chi connectivity index (χ1) is 9.33. The third kappa shape index (κ3) is 2.66. The van der Waals surface area contributed by atoms with Crippen LogP contribution in [0.15, 0.2) is 30.5 Å². The van der Waals surface area contributed by atoms with Crippen molar-refractivity contribution >= 4 is 11.6 Å². The molecular formula is C14H16N4O. The minimum atomic E-state index is 0.197. The second-order valence-corrected chi connectivity index (χ2v) is 4.56. The third-order valence-corrected chi connectivity index (χ3v) is 3.21. The van der Waals surface area contributed by atoms with Gasteiger partial charge in [-0.25, -0.2) is 9.97 Å². The minimum Gasteiger partial charge on any atom is -0.506 e. The average Bonchev–Trinajstić information content (AvgIpc) is 2.66. The van der Waals surface area contributed by atoms with E-state index in [-0.39, 0.29) is 5.75 Å². The van der Waals surface area contributed by atoms with Crippen molar-refractivity contribution < 1.29 is 5.11 Å². The molecule has 1 aliphatic rings. The van der Waals surface area contributed by atoms with Gasteiger partial charge in [-0.15, -0.1) is 0 Å². The van der Waals surface area contributed by atoms with E-state index in [1.807, 2.05) is 12.3 Å². The Labute approximate surface area is 111 Å². The first kappa shape index (κ1) is 11.9. The molecule has 0 saturated heterocycles. The Hall–Kier alpha value is -2.14. The Morgan fingerprint density at radius 1 is 1.16 bits per heavy atom. The van der Waals surface area contributed by atoms with Crippen LogP contribution in [0, 0.1) is 0 Å². The summed E-state index contributed by atoms with van der Waals surface area (Å²) in [6, 6.07) is 7.07. The standard InChI is InChI=1S/C14H16N4O/c19-13-4-2-1-3-12(13)18-14-16-9-10-5-7-15-8-6-11(10)17-14/h1-4,9,15,19H,5-8H2,(H,16,17,18). The molecule has 98 valence electrons. The van der Waals surface area contributed by atoms with Crippen LogP contribution in [0.25, 0.3) is 0 Å². The molecule has 0 bridgehead atoms. The lowest BCUT2D eigenvalue weighted by Gasteiger charge is -2.09.